The van der Waals surface area contributed by atoms with Crippen LogP contribution in [-0.4, -0.2) is 11.7 Å². The van der Waals surface area contributed by atoms with Crippen molar-refractivity contribution in [2.24, 2.45) is 0 Å². The molecule has 0 aromatic heterocycles. The van der Waals surface area contributed by atoms with Crippen LogP contribution in [0.4, 0.5) is 4.39 Å². The molecule has 0 amide bonds. The number of halogens is 2. The van der Waals surface area contributed by atoms with Crippen LogP contribution in [-0.2, 0) is 6.61 Å². The van der Waals surface area contributed by atoms with Gasteiger partial charge in [0.25, 0.3) is 0 Å². The standard InChI is InChI=1S/C11H12ClFO2/c1-8(5-12)7-15-11-3-9(6-14)2-10(13)4-11/h2-5,14H,6-7H2,1H3/b8-5-. The largest absolute Gasteiger partial charge is 0.489 e. The SMILES string of the molecule is C/C(=C/Cl)COc1cc(F)cc(CO)c1. The molecule has 0 saturated carbocycles. The van der Waals surface area contributed by atoms with Crippen LogP contribution in [0.2, 0.25) is 0 Å². The summed E-state index contributed by atoms with van der Waals surface area (Å²) in [5.74, 6) is -0.0408. The molecule has 0 unspecified atom stereocenters. The summed E-state index contributed by atoms with van der Waals surface area (Å²) in [6, 6.07) is 4.11. The van der Waals surface area contributed by atoms with Crippen molar-refractivity contribution in [2.45, 2.75) is 13.5 Å². The Morgan fingerprint density at radius 1 is 1.53 bits per heavy atom. The highest BCUT2D eigenvalue weighted by molar-refractivity contribution is 6.25. The topological polar surface area (TPSA) is 29.5 Å². The molecule has 0 aliphatic heterocycles. The first-order chi connectivity index (χ1) is 7.15. The van der Waals surface area contributed by atoms with E-state index in [1.807, 2.05) is 0 Å². The maximum atomic E-state index is 13.0. The van der Waals surface area contributed by atoms with Gasteiger partial charge in [0, 0.05) is 11.6 Å². The van der Waals surface area contributed by atoms with Crippen molar-refractivity contribution in [3.63, 3.8) is 0 Å². The lowest BCUT2D eigenvalue weighted by atomic mass is 10.2. The molecule has 0 bridgehead atoms. The van der Waals surface area contributed by atoms with Crippen LogP contribution >= 0.6 is 11.6 Å². The smallest absolute Gasteiger partial charge is 0.127 e. The second-order valence-electron chi connectivity index (χ2n) is 3.20. The van der Waals surface area contributed by atoms with Crippen LogP contribution in [0.5, 0.6) is 5.75 Å². The molecule has 0 aliphatic rings. The maximum Gasteiger partial charge on any atom is 0.127 e. The summed E-state index contributed by atoms with van der Waals surface area (Å²) in [4.78, 5) is 0. The minimum absolute atomic E-state index is 0.210. The second-order valence-corrected chi connectivity index (χ2v) is 3.42. The van der Waals surface area contributed by atoms with Crippen LogP contribution in [0, 0.1) is 5.82 Å². The zero-order chi connectivity index (χ0) is 11.3. The van der Waals surface area contributed by atoms with Crippen LogP contribution in [0.15, 0.2) is 29.3 Å². The van der Waals surface area contributed by atoms with E-state index in [1.54, 1.807) is 13.0 Å². The van der Waals surface area contributed by atoms with Gasteiger partial charge in [0.2, 0.25) is 0 Å². The van der Waals surface area contributed by atoms with Gasteiger partial charge < -0.3 is 9.84 Å². The van der Waals surface area contributed by atoms with Gasteiger partial charge in [-0.15, -0.1) is 0 Å². The van der Waals surface area contributed by atoms with Crippen LogP contribution in [0.25, 0.3) is 0 Å². The van der Waals surface area contributed by atoms with E-state index in [1.165, 1.54) is 17.7 Å². The molecule has 0 aliphatic carbocycles. The molecule has 0 spiro atoms. The molecule has 1 rings (SSSR count). The summed E-state index contributed by atoms with van der Waals surface area (Å²) in [5, 5.41) is 8.86. The number of aliphatic hydroxyl groups is 1. The number of hydrogen-bond acceptors (Lipinski definition) is 2. The summed E-state index contributed by atoms with van der Waals surface area (Å²) in [5.41, 5.74) is 2.73. The van der Waals surface area contributed by atoms with E-state index in [0.29, 0.717) is 17.9 Å². The van der Waals surface area contributed by atoms with Gasteiger partial charge in [-0.05, 0) is 30.2 Å². The molecule has 1 aromatic carbocycles. The summed E-state index contributed by atoms with van der Waals surface area (Å²) in [6.45, 7) is 1.90. The van der Waals surface area contributed by atoms with Crippen LogP contribution in [0.1, 0.15) is 12.5 Å². The van der Waals surface area contributed by atoms with Gasteiger partial charge in [0.15, 0.2) is 0 Å². The fraction of sp³-hybridized carbons (Fsp3) is 0.273. The number of rotatable bonds is 4. The van der Waals surface area contributed by atoms with E-state index in [2.05, 4.69) is 0 Å². The Morgan fingerprint density at radius 2 is 2.27 bits per heavy atom. The Kier molecular flexibility index (Phi) is 4.59. The zero-order valence-corrected chi connectivity index (χ0v) is 9.09. The van der Waals surface area contributed by atoms with Gasteiger partial charge in [-0.3, -0.25) is 0 Å². The third kappa shape index (κ3) is 3.90. The van der Waals surface area contributed by atoms with E-state index in [9.17, 15) is 4.39 Å². The zero-order valence-electron chi connectivity index (χ0n) is 8.34. The van der Waals surface area contributed by atoms with Gasteiger partial charge in [-0.25, -0.2) is 4.39 Å². The van der Waals surface area contributed by atoms with Gasteiger partial charge in [0.05, 0.1) is 6.61 Å². The monoisotopic (exact) mass is 230 g/mol. The third-order valence-corrected chi connectivity index (χ3v) is 2.14. The van der Waals surface area contributed by atoms with Gasteiger partial charge in [0.1, 0.15) is 18.2 Å². The molecular formula is C11H12ClFO2. The molecule has 0 heterocycles. The lowest BCUT2D eigenvalue weighted by Gasteiger charge is -2.07. The maximum absolute atomic E-state index is 13.0. The van der Waals surface area contributed by atoms with E-state index in [-0.39, 0.29) is 6.61 Å². The van der Waals surface area contributed by atoms with Gasteiger partial charge in [-0.2, -0.15) is 0 Å². The molecule has 0 radical (unpaired) electrons. The molecule has 15 heavy (non-hydrogen) atoms. The number of benzene rings is 1. The third-order valence-electron chi connectivity index (χ3n) is 1.77. The lowest BCUT2D eigenvalue weighted by Crippen LogP contribution is -1.99. The van der Waals surface area contributed by atoms with E-state index < -0.39 is 5.82 Å². The Morgan fingerprint density at radius 3 is 2.87 bits per heavy atom. The normalized spacial score (nSPS) is 11.6. The van der Waals surface area contributed by atoms with Crippen molar-refractivity contribution >= 4 is 11.6 Å². The quantitative estimate of drug-likeness (QED) is 0.862. The molecule has 1 N–H and O–H groups in total. The molecule has 82 valence electrons. The van der Waals surface area contributed by atoms with Crippen molar-refractivity contribution in [3.8, 4) is 5.75 Å². The van der Waals surface area contributed by atoms with E-state index in [0.717, 1.165) is 5.57 Å². The van der Waals surface area contributed by atoms with Crippen molar-refractivity contribution < 1.29 is 14.2 Å². The minimum atomic E-state index is -0.427. The summed E-state index contributed by atoms with van der Waals surface area (Å²) in [7, 11) is 0. The Balaban J connectivity index is 2.72. The first kappa shape index (κ1) is 12.0. The van der Waals surface area contributed by atoms with Gasteiger partial charge in [-0.1, -0.05) is 11.6 Å². The van der Waals surface area contributed by atoms with Crippen LogP contribution < -0.4 is 4.74 Å². The van der Waals surface area contributed by atoms with Crippen molar-refractivity contribution in [1.29, 1.82) is 0 Å². The molecule has 0 saturated heterocycles. The highest BCUT2D eigenvalue weighted by Gasteiger charge is 2.01. The molecule has 0 fully saturated rings. The molecular weight excluding hydrogens is 219 g/mol. The van der Waals surface area contributed by atoms with Crippen molar-refractivity contribution in [3.05, 3.63) is 40.7 Å². The van der Waals surface area contributed by atoms with E-state index >= 15 is 0 Å². The molecule has 0 atom stereocenters. The number of ether oxygens (including phenoxy) is 1. The molecule has 2 nitrogen and oxygen atoms in total. The predicted octanol–water partition coefficient (Wildman–Crippen LogP) is 2.84. The molecule has 1 aromatic rings. The van der Waals surface area contributed by atoms with Crippen molar-refractivity contribution in [2.75, 3.05) is 6.61 Å². The Bertz CT molecular complexity index is 364. The van der Waals surface area contributed by atoms with Gasteiger partial charge >= 0.3 is 0 Å². The second kappa shape index (κ2) is 5.73. The molecule has 4 heteroatoms. The lowest BCUT2D eigenvalue weighted by molar-refractivity contribution is 0.279. The highest BCUT2D eigenvalue weighted by atomic mass is 35.5. The average Bonchev–Trinajstić information content (AvgIpc) is 2.25. The minimum Gasteiger partial charge on any atom is -0.489 e. The number of hydrogen-bond donors (Lipinski definition) is 1. The summed E-state index contributed by atoms with van der Waals surface area (Å²) in [6.07, 6.45) is 0. The summed E-state index contributed by atoms with van der Waals surface area (Å²) < 4.78 is 18.3. The Hall–Kier alpha value is -1.06. The fourth-order valence-corrected chi connectivity index (χ4v) is 1.09. The first-order valence-corrected chi connectivity index (χ1v) is 4.88. The highest BCUT2D eigenvalue weighted by Crippen LogP contribution is 2.17. The predicted molar refractivity (Wildman–Crippen MR) is 57.4 cm³/mol. The number of aliphatic hydroxyl groups excluding tert-OH is 1. The van der Waals surface area contributed by atoms with Crippen molar-refractivity contribution in [1.82, 2.24) is 0 Å². The first-order valence-electron chi connectivity index (χ1n) is 4.44. The average molecular weight is 231 g/mol. The summed E-state index contributed by atoms with van der Waals surface area (Å²) >= 11 is 5.45. The Labute approximate surface area is 92.9 Å². The van der Waals surface area contributed by atoms with Crippen LogP contribution in [0.3, 0.4) is 0 Å². The van der Waals surface area contributed by atoms with E-state index in [4.69, 9.17) is 21.4 Å². The fourth-order valence-electron chi connectivity index (χ4n) is 1.02.